The highest BCUT2D eigenvalue weighted by atomic mass is 35.5. The first kappa shape index (κ1) is 14.9. The van der Waals surface area contributed by atoms with Crippen molar-refractivity contribution in [3.63, 3.8) is 0 Å². The van der Waals surface area contributed by atoms with Crippen molar-refractivity contribution in [2.75, 3.05) is 6.54 Å². The molecule has 0 saturated carbocycles. The molecule has 1 atom stereocenters. The van der Waals surface area contributed by atoms with E-state index in [4.69, 9.17) is 0 Å². The molecule has 3 nitrogen and oxygen atoms in total. The molecule has 1 saturated heterocycles. The van der Waals surface area contributed by atoms with E-state index >= 15 is 0 Å². The second-order valence-electron chi connectivity index (χ2n) is 4.20. The minimum atomic E-state index is -2.77. The number of alkyl halides is 2. The van der Waals surface area contributed by atoms with Gasteiger partial charge >= 0.3 is 0 Å². The summed E-state index contributed by atoms with van der Waals surface area (Å²) >= 11 is 0. The molecule has 6 heteroatoms. The summed E-state index contributed by atoms with van der Waals surface area (Å²) in [5, 5.41) is 5.16. The number of nitrogens with one attached hydrogen (secondary N) is 2. The molecule has 0 aliphatic carbocycles. The lowest BCUT2D eigenvalue weighted by Gasteiger charge is -2.11. The minimum absolute atomic E-state index is 0. The Hall–Kier alpha value is -1.20. The number of amides is 1. The van der Waals surface area contributed by atoms with Gasteiger partial charge in [0.15, 0.2) is 0 Å². The zero-order chi connectivity index (χ0) is 12.3. The molecule has 1 fully saturated rings. The fourth-order valence-electron chi connectivity index (χ4n) is 1.81. The van der Waals surface area contributed by atoms with Crippen molar-refractivity contribution in [2.24, 2.45) is 0 Å². The van der Waals surface area contributed by atoms with Gasteiger partial charge in [-0.15, -0.1) is 12.4 Å². The molecule has 0 spiro atoms. The van der Waals surface area contributed by atoms with E-state index in [9.17, 15) is 13.6 Å². The molecule has 1 aromatic rings. The van der Waals surface area contributed by atoms with Crippen molar-refractivity contribution >= 4 is 18.3 Å². The van der Waals surface area contributed by atoms with Crippen LogP contribution in [0.3, 0.4) is 0 Å². The third-order valence-corrected chi connectivity index (χ3v) is 2.74. The predicted molar refractivity (Wildman–Crippen MR) is 66.9 cm³/mol. The fraction of sp³-hybridized carbons (Fsp3) is 0.417. The molecule has 0 bridgehead atoms. The third kappa shape index (κ3) is 3.92. The van der Waals surface area contributed by atoms with Crippen molar-refractivity contribution in [1.29, 1.82) is 0 Å². The van der Waals surface area contributed by atoms with Gasteiger partial charge in [0.1, 0.15) is 0 Å². The van der Waals surface area contributed by atoms with Crippen LogP contribution in [0.4, 0.5) is 8.78 Å². The van der Waals surface area contributed by atoms with Crippen LogP contribution < -0.4 is 10.6 Å². The average molecular weight is 277 g/mol. The summed E-state index contributed by atoms with van der Waals surface area (Å²) in [6.45, 7) is -0.0557. The van der Waals surface area contributed by atoms with Crippen LogP contribution in [-0.4, -0.2) is 24.4 Å². The van der Waals surface area contributed by atoms with E-state index < -0.39 is 24.9 Å². The Labute approximate surface area is 110 Å². The summed E-state index contributed by atoms with van der Waals surface area (Å²) in [5.41, 5.74) is 0.950. The molecule has 2 N–H and O–H groups in total. The van der Waals surface area contributed by atoms with E-state index in [2.05, 4.69) is 10.6 Å². The minimum Gasteiger partial charge on any atom is -0.351 e. The Morgan fingerprint density at radius 3 is 2.61 bits per heavy atom. The summed E-state index contributed by atoms with van der Waals surface area (Å²) < 4.78 is 25.8. The maximum atomic E-state index is 12.9. The maximum Gasteiger partial charge on any atom is 0.262 e. The summed E-state index contributed by atoms with van der Waals surface area (Å²) in [6, 6.07) is 8.57. The first-order valence-electron chi connectivity index (χ1n) is 5.50. The Balaban J connectivity index is 0.00000162. The Morgan fingerprint density at radius 2 is 2.06 bits per heavy atom. The van der Waals surface area contributed by atoms with Gasteiger partial charge in [0.05, 0.1) is 12.6 Å². The van der Waals surface area contributed by atoms with Crippen LogP contribution in [0.5, 0.6) is 0 Å². The molecule has 1 aliphatic rings. The molecule has 2 rings (SSSR count). The molecule has 0 unspecified atom stereocenters. The van der Waals surface area contributed by atoms with Gasteiger partial charge in [-0.3, -0.25) is 10.1 Å². The topological polar surface area (TPSA) is 41.1 Å². The van der Waals surface area contributed by atoms with Gasteiger partial charge in [0.2, 0.25) is 5.91 Å². The maximum absolute atomic E-state index is 12.9. The van der Waals surface area contributed by atoms with E-state index in [1.807, 2.05) is 30.3 Å². The predicted octanol–water partition coefficient (Wildman–Crippen LogP) is 1.72. The molecule has 1 amide bonds. The van der Waals surface area contributed by atoms with E-state index in [1.54, 1.807) is 0 Å². The van der Waals surface area contributed by atoms with Crippen molar-refractivity contribution in [3.05, 3.63) is 35.9 Å². The van der Waals surface area contributed by atoms with Gasteiger partial charge in [-0.1, -0.05) is 30.3 Å². The zero-order valence-corrected chi connectivity index (χ0v) is 10.5. The summed E-state index contributed by atoms with van der Waals surface area (Å²) in [4.78, 5) is 11.6. The van der Waals surface area contributed by atoms with Crippen molar-refractivity contribution in [1.82, 2.24) is 10.6 Å². The Kier molecular flexibility index (Phi) is 5.04. The van der Waals surface area contributed by atoms with Crippen LogP contribution in [0.15, 0.2) is 30.3 Å². The molecule has 1 aliphatic heterocycles. The van der Waals surface area contributed by atoms with Crippen LogP contribution in [0.2, 0.25) is 0 Å². The zero-order valence-electron chi connectivity index (χ0n) is 9.66. The van der Waals surface area contributed by atoms with Crippen LogP contribution in [-0.2, 0) is 11.3 Å². The van der Waals surface area contributed by atoms with Gasteiger partial charge in [-0.25, -0.2) is 8.78 Å². The molecular formula is C12H15ClF2N2O. The summed E-state index contributed by atoms with van der Waals surface area (Å²) in [6.07, 6.45) is -0.423. The van der Waals surface area contributed by atoms with Gasteiger partial charge < -0.3 is 5.32 Å². The van der Waals surface area contributed by atoms with Crippen molar-refractivity contribution in [2.45, 2.75) is 24.9 Å². The Bertz CT molecular complexity index is 400. The second kappa shape index (κ2) is 6.11. The highest BCUT2D eigenvalue weighted by molar-refractivity contribution is 5.85. The molecule has 1 heterocycles. The van der Waals surface area contributed by atoms with E-state index in [0.717, 1.165) is 5.56 Å². The Morgan fingerprint density at radius 1 is 1.39 bits per heavy atom. The monoisotopic (exact) mass is 276 g/mol. The largest absolute Gasteiger partial charge is 0.351 e. The number of hydrogen-bond acceptors (Lipinski definition) is 2. The molecule has 0 radical (unpaired) electrons. The lowest BCUT2D eigenvalue weighted by Crippen LogP contribution is -2.39. The number of halogens is 3. The smallest absolute Gasteiger partial charge is 0.262 e. The first-order valence-corrected chi connectivity index (χ1v) is 5.50. The summed E-state index contributed by atoms with van der Waals surface area (Å²) in [7, 11) is 0. The summed E-state index contributed by atoms with van der Waals surface area (Å²) in [5.74, 6) is -3.14. The van der Waals surface area contributed by atoms with Crippen LogP contribution in [0, 0.1) is 0 Å². The number of rotatable bonds is 3. The van der Waals surface area contributed by atoms with Crippen molar-refractivity contribution in [3.8, 4) is 0 Å². The van der Waals surface area contributed by atoms with Crippen LogP contribution >= 0.6 is 12.4 Å². The standard InChI is InChI=1S/C12H14F2N2O.ClH/c13-12(14)6-10(16-8-12)11(17)15-7-9-4-2-1-3-5-9;/h1-5,10,16H,6-8H2,(H,15,17);1H/t10-;/m1./s1. The lowest BCUT2D eigenvalue weighted by molar-refractivity contribution is -0.123. The van der Waals surface area contributed by atoms with Gasteiger partial charge in [-0.05, 0) is 5.56 Å². The number of benzene rings is 1. The SMILES string of the molecule is Cl.O=C(NCc1ccccc1)[C@H]1CC(F)(F)CN1. The molecule has 18 heavy (non-hydrogen) atoms. The number of carbonyl (C=O) groups excluding carboxylic acids is 1. The van der Waals surface area contributed by atoms with Crippen LogP contribution in [0.1, 0.15) is 12.0 Å². The first-order chi connectivity index (χ1) is 8.07. The van der Waals surface area contributed by atoms with Gasteiger partial charge in [0, 0.05) is 13.0 Å². The highest BCUT2D eigenvalue weighted by Gasteiger charge is 2.42. The van der Waals surface area contributed by atoms with Crippen LogP contribution in [0.25, 0.3) is 0 Å². The van der Waals surface area contributed by atoms with E-state index in [1.165, 1.54) is 0 Å². The molecule has 1 aromatic carbocycles. The lowest BCUT2D eigenvalue weighted by atomic mass is 10.1. The molecule has 100 valence electrons. The molecular weight excluding hydrogens is 262 g/mol. The second-order valence-corrected chi connectivity index (χ2v) is 4.20. The van der Waals surface area contributed by atoms with Crippen molar-refractivity contribution < 1.29 is 13.6 Å². The van der Waals surface area contributed by atoms with Gasteiger partial charge in [0.25, 0.3) is 5.92 Å². The highest BCUT2D eigenvalue weighted by Crippen LogP contribution is 2.25. The molecule has 0 aromatic heterocycles. The number of hydrogen-bond donors (Lipinski definition) is 2. The quantitative estimate of drug-likeness (QED) is 0.883. The number of carbonyl (C=O) groups is 1. The van der Waals surface area contributed by atoms with E-state index in [0.29, 0.717) is 6.54 Å². The normalized spacial score (nSPS) is 21.1. The fourth-order valence-corrected chi connectivity index (χ4v) is 1.81. The third-order valence-electron chi connectivity index (χ3n) is 2.74. The van der Waals surface area contributed by atoms with E-state index in [-0.39, 0.29) is 18.3 Å². The van der Waals surface area contributed by atoms with Gasteiger partial charge in [-0.2, -0.15) is 0 Å². The average Bonchev–Trinajstić information content (AvgIpc) is 2.68.